The van der Waals surface area contributed by atoms with E-state index in [0.717, 1.165) is 19.4 Å². The number of nitrogens with one attached hydrogen (secondary N) is 1. The van der Waals surface area contributed by atoms with Crippen LogP contribution in [0.5, 0.6) is 0 Å². The molecule has 0 radical (unpaired) electrons. The minimum Gasteiger partial charge on any atom is -0.377 e. The SMILES string of the molecule is CCCNC(CCc1cnn(C)c1)C1(OC)CCCCC1. The molecule has 4 nitrogen and oxygen atoms in total. The number of hydrogen-bond acceptors (Lipinski definition) is 3. The van der Waals surface area contributed by atoms with E-state index in [1.807, 2.05) is 25.0 Å². The fourth-order valence-corrected chi connectivity index (χ4v) is 3.63. The number of methoxy groups -OCH3 is 1. The van der Waals surface area contributed by atoms with Crippen LogP contribution in [0.15, 0.2) is 12.4 Å². The maximum absolute atomic E-state index is 6.05. The third kappa shape index (κ3) is 4.30. The minimum absolute atomic E-state index is 0.0373. The molecule has 1 fully saturated rings. The van der Waals surface area contributed by atoms with Crippen LogP contribution in [-0.4, -0.2) is 35.1 Å². The first-order valence-electron chi connectivity index (χ1n) is 8.46. The zero-order valence-electron chi connectivity index (χ0n) is 13.9. The molecule has 0 aliphatic heterocycles. The molecule has 2 rings (SSSR count). The van der Waals surface area contributed by atoms with Gasteiger partial charge in [-0.05, 0) is 44.2 Å². The summed E-state index contributed by atoms with van der Waals surface area (Å²) in [6, 6.07) is 0.447. The van der Waals surface area contributed by atoms with E-state index >= 15 is 0 Å². The van der Waals surface area contributed by atoms with Crippen LogP contribution in [-0.2, 0) is 18.2 Å². The Bertz CT molecular complexity index is 410. The van der Waals surface area contributed by atoms with Crippen molar-refractivity contribution < 1.29 is 4.74 Å². The summed E-state index contributed by atoms with van der Waals surface area (Å²) in [6.45, 7) is 3.30. The highest BCUT2D eigenvalue weighted by atomic mass is 16.5. The zero-order chi connectivity index (χ0) is 15.1. The van der Waals surface area contributed by atoms with Crippen molar-refractivity contribution in [3.63, 3.8) is 0 Å². The molecule has 0 spiro atoms. The zero-order valence-corrected chi connectivity index (χ0v) is 13.9. The van der Waals surface area contributed by atoms with E-state index in [-0.39, 0.29) is 5.60 Å². The highest BCUT2D eigenvalue weighted by Crippen LogP contribution is 2.35. The first-order valence-corrected chi connectivity index (χ1v) is 8.46. The third-order valence-corrected chi connectivity index (χ3v) is 4.86. The van der Waals surface area contributed by atoms with Crippen LogP contribution >= 0.6 is 0 Å². The summed E-state index contributed by atoms with van der Waals surface area (Å²) >= 11 is 0. The monoisotopic (exact) mass is 293 g/mol. The van der Waals surface area contributed by atoms with Crippen molar-refractivity contribution in [2.75, 3.05) is 13.7 Å². The number of rotatable bonds is 8. The molecule has 120 valence electrons. The molecule has 1 aliphatic carbocycles. The van der Waals surface area contributed by atoms with Crippen LogP contribution in [0.2, 0.25) is 0 Å². The molecule has 0 bridgehead atoms. The molecular weight excluding hydrogens is 262 g/mol. The largest absolute Gasteiger partial charge is 0.377 e. The van der Waals surface area contributed by atoms with Crippen molar-refractivity contribution >= 4 is 0 Å². The van der Waals surface area contributed by atoms with Gasteiger partial charge in [0.15, 0.2) is 0 Å². The van der Waals surface area contributed by atoms with Crippen molar-refractivity contribution in [3.8, 4) is 0 Å². The van der Waals surface area contributed by atoms with Gasteiger partial charge < -0.3 is 10.1 Å². The van der Waals surface area contributed by atoms with Crippen molar-refractivity contribution in [2.24, 2.45) is 7.05 Å². The Morgan fingerprint density at radius 1 is 1.38 bits per heavy atom. The molecule has 1 unspecified atom stereocenters. The number of aromatic nitrogens is 2. The summed E-state index contributed by atoms with van der Waals surface area (Å²) in [6.07, 6.45) is 13.8. The van der Waals surface area contributed by atoms with Gasteiger partial charge in [-0.2, -0.15) is 5.10 Å². The van der Waals surface area contributed by atoms with Crippen molar-refractivity contribution in [1.82, 2.24) is 15.1 Å². The van der Waals surface area contributed by atoms with Crippen molar-refractivity contribution in [2.45, 2.75) is 69.9 Å². The van der Waals surface area contributed by atoms with Crippen LogP contribution in [0.4, 0.5) is 0 Å². The van der Waals surface area contributed by atoms with Gasteiger partial charge in [0.25, 0.3) is 0 Å². The molecule has 0 amide bonds. The highest BCUT2D eigenvalue weighted by molar-refractivity contribution is 5.06. The van der Waals surface area contributed by atoms with E-state index in [1.54, 1.807) is 0 Å². The molecule has 1 aromatic heterocycles. The molecule has 1 N–H and O–H groups in total. The molecule has 0 saturated heterocycles. The Labute approximate surface area is 129 Å². The summed E-state index contributed by atoms with van der Waals surface area (Å²) in [5, 5.41) is 8.03. The Hall–Kier alpha value is -0.870. The Morgan fingerprint density at radius 3 is 2.71 bits per heavy atom. The summed E-state index contributed by atoms with van der Waals surface area (Å²) in [7, 11) is 3.88. The molecule has 1 heterocycles. The van der Waals surface area contributed by atoms with Gasteiger partial charge in [0.1, 0.15) is 0 Å². The first-order chi connectivity index (χ1) is 10.2. The van der Waals surface area contributed by atoms with E-state index in [2.05, 4.69) is 23.5 Å². The Balaban J connectivity index is 2.01. The predicted octanol–water partition coefficient (Wildman–Crippen LogP) is 3.07. The molecule has 1 saturated carbocycles. The minimum atomic E-state index is 0.0373. The van der Waals surface area contributed by atoms with Gasteiger partial charge in [-0.15, -0.1) is 0 Å². The molecular formula is C17H31N3O. The topological polar surface area (TPSA) is 39.1 Å². The molecule has 1 atom stereocenters. The fraction of sp³-hybridized carbons (Fsp3) is 0.824. The lowest BCUT2D eigenvalue weighted by molar-refractivity contribution is -0.0691. The van der Waals surface area contributed by atoms with Crippen LogP contribution < -0.4 is 5.32 Å². The fourth-order valence-electron chi connectivity index (χ4n) is 3.63. The lowest BCUT2D eigenvalue weighted by Crippen LogP contribution is -2.53. The van der Waals surface area contributed by atoms with Crippen molar-refractivity contribution in [3.05, 3.63) is 18.0 Å². The summed E-state index contributed by atoms with van der Waals surface area (Å²) in [4.78, 5) is 0. The van der Waals surface area contributed by atoms with Crippen LogP contribution in [0, 0.1) is 0 Å². The normalized spacial score (nSPS) is 19.6. The lowest BCUT2D eigenvalue weighted by atomic mass is 9.77. The third-order valence-electron chi connectivity index (χ3n) is 4.86. The maximum atomic E-state index is 6.05. The number of ether oxygens (including phenoxy) is 1. The maximum Gasteiger partial charge on any atom is 0.0831 e. The number of nitrogens with zero attached hydrogens (tertiary/aromatic N) is 2. The van der Waals surface area contributed by atoms with Gasteiger partial charge in [-0.3, -0.25) is 4.68 Å². The summed E-state index contributed by atoms with van der Waals surface area (Å²) in [5.41, 5.74) is 1.36. The Kier molecular flexibility index (Phi) is 6.24. The van der Waals surface area contributed by atoms with Gasteiger partial charge in [-0.1, -0.05) is 26.2 Å². The average Bonchev–Trinajstić information content (AvgIpc) is 2.93. The van der Waals surface area contributed by atoms with E-state index < -0.39 is 0 Å². The van der Waals surface area contributed by atoms with Crippen LogP contribution in [0.25, 0.3) is 0 Å². The number of aryl methyl sites for hydroxylation is 2. The van der Waals surface area contributed by atoms with Gasteiger partial charge in [0, 0.05) is 26.4 Å². The predicted molar refractivity (Wildman–Crippen MR) is 86.4 cm³/mol. The van der Waals surface area contributed by atoms with Gasteiger partial charge in [0.05, 0.1) is 11.8 Å². The van der Waals surface area contributed by atoms with E-state index in [4.69, 9.17) is 4.74 Å². The van der Waals surface area contributed by atoms with Gasteiger partial charge in [-0.25, -0.2) is 0 Å². The first kappa shape index (κ1) is 16.5. The number of hydrogen-bond donors (Lipinski definition) is 1. The molecule has 0 aromatic carbocycles. The molecule has 1 aliphatic rings. The lowest BCUT2D eigenvalue weighted by Gasteiger charge is -2.43. The summed E-state index contributed by atoms with van der Waals surface area (Å²) < 4.78 is 7.93. The van der Waals surface area contributed by atoms with Crippen LogP contribution in [0.1, 0.15) is 57.4 Å². The van der Waals surface area contributed by atoms with Gasteiger partial charge in [0.2, 0.25) is 0 Å². The quantitative estimate of drug-likeness (QED) is 0.800. The highest BCUT2D eigenvalue weighted by Gasteiger charge is 2.39. The van der Waals surface area contributed by atoms with E-state index in [1.165, 1.54) is 44.1 Å². The van der Waals surface area contributed by atoms with Crippen molar-refractivity contribution in [1.29, 1.82) is 0 Å². The average molecular weight is 293 g/mol. The molecule has 1 aromatic rings. The van der Waals surface area contributed by atoms with Crippen LogP contribution in [0.3, 0.4) is 0 Å². The molecule has 4 heteroatoms. The second kappa shape index (κ2) is 7.95. The van der Waals surface area contributed by atoms with Gasteiger partial charge >= 0.3 is 0 Å². The standard InChI is InChI=1S/C17H31N3O/c1-4-12-18-16(9-8-15-13-19-20(2)14-15)17(21-3)10-6-5-7-11-17/h13-14,16,18H,4-12H2,1-3H3. The summed E-state index contributed by atoms with van der Waals surface area (Å²) in [5.74, 6) is 0. The second-order valence-corrected chi connectivity index (χ2v) is 6.40. The second-order valence-electron chi connectivity index (χ2n) is 6.40. The van der Waals surface area contributed by atoms with E-state index in [0.29, 0.717) is 6.04 Å². The van der Waals surface area contributed by atoms with E-state index in [9.17, 15) is 0 Å². The Morgan fingerprint density at radius 2 is 2.14 bits per heavy atom. The molecule has 21 heavy (non-hydrogen) atoms. The smallest absolute Gasteiger partial charge is 0.0831 e.